The smallest absolute Gasteiger partial charge is 0.235 e. The van der Waals surface area contributed by atoms with Crippen LogP contribution in [-0.4, -0.2) is 36.3 Å². The second kappa shape index (κ2) is 4.93. The number of hydrogen-bond acceptors (Lipinski definition) is 2. The van der Waals surface area contributed by atoms with Gasteiger partial charge in [-0.05, 0) is 25.0 Å². The molecule has 0 aliphatic carbocycles. The molecular weight excluding hydrogens is 252 g/mol. The van der Waals surface area contributed by atoms with E-state index >= 15 is 0 Å². The summed E-state index contributed by atoms with van der Waals surface area (Å²) < 4.78 is 0. The van der Waals surface area contributed by atoms with Gasteiger partial charge in [-0.15, -0.1) is 0 Å². The summed E-state index contributed by atoms with van der Waals surface area (Å²) >= 11 is 0. The molecule has 0 radical (unpaired) electrons. The highest BCUT2D eigenvalue weighted by Crippen LogP contribution is 2.43. The first-order chi connectivity index (χ1) is 9.66. The van der Waals surface area contributed by atoms with Gasteiger partial charge in [0.2, 0.25) is 11.8 Å². The number of carbonyl (C=O) groups excluding carboxylic acids is 2. The van der Waals surface area contributed by atoms with Gasteiger partial charge in [-0.1, -0.05) is 25.1 Å². The second-order valence-electron chi connectivity index (χ2n) is 5.74. The minimum Gasteiger partial charge on any atom is -0.343 e. The average Bonchev–Trinajstić information content (AvgIpc) is 2.52. The zero-order valence-corrected chi connectivity index (χ0v) is 11.8. The van der Waals surface area contributed by atoms with Crippen LogP contribution in [0.2, 0.25) is 0 Å². The Morgan fingerprint density at radius 3 is 2.40 bits per heavy atom. The van der Waals surface area contributed by atoms with Gasteiger partial charge in [0.05, 0.1) is 5.41 Å². The van der Waals surface area contributed by atoms with E-state index in [1.807, 2.05) is 47.1 Å². The molecule has 2 saturated heterocycles. The Kier molecular flexibility index (Phi) is 3.24. The van der Waals surface area contributed by atoms with E-state index in [1.165, 1.54) is 0 Å². The van der Waals surface area contributed by atoms with Gasteiger partial charge in [0.1, 0.15) is 0 Å². The molecule has 106 valence electrons. The molecule has 0 bridgehead atoms. The van der Waals surface area contributed by atoms with Crippen molar-refractivity contribution >= 4 is 17.5 Å². The topological polar surface area (TPSA) is 40.6 Å². The second-order valence-corrected chi connectivity index (χ2v) is 5.74. The minimum absolute atomic E-state index is 0.200. The maximum Gasteiger partial charge on any atom is 0.235 e. The zero-order chi connectivity index (χ0) is 14.2. The number of carbonyl (C=O) groups is 2. The molecule has 2 heterocycles. The Balaban J connectivity index is 1.64. The molecule has 0 unspecified atom stereocenters. The number of likely N-dealkylation sites (tertiary alicyclic amines) is 1. The Morgan fingerprint density at radius 2 is 1.85 bits per heavy atom. The van der Waals surface area contributed by atoms with Crippen LogP contribution < -0.4 is 4.90 Å². The highest BCUT2D eigenvalue weighted by atomic mass is 16.2. The van der Waals surface area contributed by atoms with Gasteiger partial charge in [0.25, 0.3) is 0 Å². The number of anilines is 1. The highest BCUT2D eigenvalue weighted by molar-refractivity contribution is 6.04. The average molecular weight is 272 g/mol. The third-order valence-electron chi connectivity index (χ3n) is 4.60. The molecule has 2 fully saturated rings. The van der Waals surface area contributed by atoms with E-state index in [4.69, 9.17) is 0 Å². The number of benzene rings is 1. The first kappa shape index (κ1) is 13.2. The van der Waals surface area contributed by atoms with Gasteiger partial charge in [-0.3, -0.25) is 9.59 Å². The number of rotatable bonds is 2. The van der Waals surface area contributed by atoms with Gasteiger partial charge < -0.3 is 9.80 Å². The van der Waals surface area contributed by atoms with Crippen LogP contribution in [-0.2, 0) is 9.59 Å². The van der Waals surface area contributed by atoms with Crippen LogP contribution in [0.5, 0.6) is 0 Å². The van der Waals surface area contributed by atoms with Crippen molar-refractivity contribution in [2.24, 2.45) is 5.41 Å². The van der Waals surface area contributed by atoms with E-state index in [2.05, 4.69) is 0 Å². The summed E-state index contributed by atoms with van der Waals surface area (Å²) in [4.78, 5) is 27.9. The van der Waals surface area contributed by atoms with E-state index < -0.39 is 0 Å². The molecule has 0 N–H and O–H groups in total. The van der Waals surface area contributed by atoms with Gasteiger partial charge in [0, 0.05) is 31.7 Å². The Bertz CT molecular complexity index is 519. The van der Waals surface area contributed by atoms with E-state index in [0.717, 1.165) is 38.2 Å². The standard InChI is InChI=1S/C16H20N2O2/c1-2-14(19)17-10-8-16(9-11-17)12-18(15(16)20)13-6-4-3-5-7-13/h3-7H,2,8-12H2,1H3. The monoisotopic (exact) mass is 272 g/mol. The molecule has 3 rings (SSSR count). The maximum absolute atomic E-state index is 12.5. The van der Waals surface area contributed by atoms with Gasteiger partial charge >= 0.3 is 0 Å². The number of β-lactam (4-membered cyclic amide) rings is 1. The molecule has 2 aliphatic heterocycles. The third-order valence-corrected chi connectivity index (χ3v) is 4.60. The van der Waals surface area contributed by atoms with Crippen molar-refractivity contribution in [1.82, 2.24) is 4.90 Å². The third kappa shape index (κ3) is 1.99. The zero-order valence-electron chi connectivity index (χ0n) is 11.8. The molecule has 20 heavy (non-hydrogen) atoms. The van der Waals surface area contributed by atoms with Crippen LogP contribution in [0.4, 0.5) is 5.69 Å². The van der Waals surface area contributed by atoms with Crippen molar-refractivity contribution in [3.8, 4) is 0 Å². The van der Waals surface area contributed by atoms with E-state index in [0.29, 0.717) is 6.42 Å². The van der Waals surface area contributed by atoms with Crippen molar-refractivity contribution in [2.45, 2.75) is 26.2 Å². The van der Waals surface area contributed by atoms with E-state index in [9.17, 15) is 9.59 Å². The van der Waals surface area contributed by atoms with Gasteiger partial charge in [0.15, 0.2) is 0 Å². The fourth-order valence-corrected chi connectivity index (χ4v) is 3.23. The van der Waals surface area contributed by atoms with Crippen molar-refractivity contribution in [3.63, 3.8) is 0 Å². The molecule has 4 heteroatoms. The van der Waals surface area contributed by atoms with Crippen LogP contribution in [0, 0.1) is 5.41 Å². The lowest BCUT2D eigenvalue weighted by atomic mass is 9.70. The van der Waals surface area contributed by atoms with E-state index in [-0.39, 0.29) is 17.2 Å². The summed E-state index contributed by atoms with van der Waals surface area (Å²) in [6, 6.07) is 9.81. The fourth-order valence-electron chi connectivity index (χ4n) is 3.23. The normalized spacial score (nSPS) is 20.9. The molecule has 4 nitrogen and oxygen atoms in total. The van der Waals surface area contributed by atoms with Crippen LogP contribution in [0.1, 0.15) is 26.2 Å². The SMILES string of the molecule is CCC(=O)N1CCC2(CC1)CN(c1ccccc1)C2=O. The summed E-state index contributed by atoms with van der Waals surface area (Å²) in [5.74, 6) is 0.429. The number of para-hydroxylation sites is 1. The lowest BCUT2D eigenvalue weighted by Crippen LogP contribution is -2.65. The van der Waals surface area contributed by atoms with Crippen molar-refractivity contribution in [2.75, 3.05) is 24.5 Å². The Hall–Kier alpha value is -1.84. The van der Waals surface area contributed by atoms with Gasteiger partial charge in [-0.25, -0.2) is 0 Å². The molecule has 0 atom stereocenters. The van der Waals surface area contributed by atoms with Crippen molar-refractivity contribution in [1.29, 1.82) is 0 Å². The number of hydrogen-bond donors (Lipinski definition) is 0. The van der Waals surface area contributed by atoms with Crippen LogP contribution in [0.3, 0.4) is 0 Å². The summed E-state index contributed by atoms with van der Waals surface area (Å²) in [6.45, 7) is 4.13. The number of nitrogens with zero attached hydrogens (tertiary/aromatic N) is 2. The first-order valence-corrected chi connectivity index (χ1v) is 7.31. The quantitative estimate of drug-likeness (QED) is 0.773. The lowest BCUT2D eigenvalue weighted by molar-refractivity contribution is -0.144. The minimum atomic E-state index is -0.208. The summed E-state index contributed by atoms with van der Waals surface area (Å²) in [7, 11) is 0. The predicted molar refractivity (Wildman–Crippen MR) is 77.3 cm³/mol. The van der Waals surface area contributed by atoms with Crippen LogP contribution in [0.15, 0.2) is 30.3 Å². The fraction of sp³-hybridized carbons (Fsp3) is 0.500. The summed E-state index contributed by atoms with van der Waals surface area (Å²) in [6.07, 6.45) is 2.17. The number of piperidine rings is 1. The first-order valence-electron chi connectivity index (χ1n) is 7.31. The van der Waals surface area contributed by atoms with Crippen LogP contribution >= 0.6 is 0 Å². The summed E-state index contributed by atoms with van der Waals surface area (Å²) in [5, 5.41) is 0. The molecule has 2 aliphatic rings. The predicted octanol–water partition coefficient (Wildman–Crippen LogP) is 2.05. The molecule has 1 aromatic carbocycles. The molecule has 1 aromatic rings. The largest absolute Gasteiger partial charge is 0.343 e. The summed E-state index contributed by atoms with van der Waals surface area (Å²) in [5.41, 5.74) is 0.774. The number of amides is 2. The lowest BCUT2D eigenvalue weighted by Gasteiger charge is -2.52. The van der Waals surface area contributed by atoms with Crippen molar-refractivity contribution < 1.29 is 9.59 Å². The Morgan fingerprint density at radius 1 is 1.20 bits per heavy atom. The molecule has 1 spiro atoms. The molecular formula is C16H20N2O2. The highest BCUT2D eigenvalue weighted by Gasteiger charge is 2.53. The Labute approximate surface area is 119 Å². The molecule has 2 amide bonds. The van der Waals surface area contributed by atoms with Gasteiger partial charge in [-0.2, -0.15) is 0 Å². The van der Waals surface area contributed by atoms with Crippen LogP contribution in [0.25, 0.3) is 0 Å². The maximum atomic E-state index is 12.5. The van der Waals surface area contributed by atoms with Crippen molar-refractivity contribution in [3.05, 3.63) is 30.3 Å². The molecule has 0 aromatic heterocycles. The molecule has 0 saturated carbocycles. The van der Waals surface area contributed by atoms with E-state index in [1.54, 1.807) is 0 Å².